The molecule has 0 heteroatoms. The molecule has 42 heavy (non-hydrogen) atoms. The molecular weight excluding hydrogens is 504 g/mol. The Morgan fingerprint density at radius 1 is 0.238 bits per heavy atom. The molecule has 0 aromatic heterocycles. The molecule has 0 nitrogen and oxygen atoms in total. The highest BCUT2D eigenvalue weighted by atomic mass is 14.2. The van der Waals surface area contributed by atoms with Gasteiger partial charge >= 0.3 is 0 Å². The van der Waals surface area contributed by atoms with Crippen LogP contribution in [-0.2, 0) is 0 Å². The third kappa shape index (κ3) is 4.00. The van der Waals surface area contributed by atoms with E-state index in [9.17, 15) is 0 Å². The van der Waals surface area contributed by atoms with Crippen LogP contribution in [0.1, 0.15) is 0 Å². The van der Waals surface area contributed by atoms with E-state index in [4.69, 9.17) is 0 Å². The van der Waals surface area contributed by atoms with Gasteiger partial charge in [-0.05, 0) is 89.0 Å². The smallest absolute Gasteiger partial charge is 0.00199 e. The first kappa shape index (κ1) is 24.3. The Bertz CT molecular complexity index is 2170. The lowest BCUT2D eigenvalue weighted by Gasteiger charge is -2.20. The lowest BCUT2D eigenvalue weighted by atomic mass is 9.83. The fraction of sp³-hybridized carbons (Fsp3) is 0. The molecule has 8 aromatic rings. The second-order valence-corrected chi connectivity index (χ2v) is 10.9. The summed E-state index contributed by atoms with van der Waals surface area (Å²) in [7, 11) is 0. The van der Waals surface area contributed by atoms with Crippen LogP contribution in [0.5, 0.6) is 0 Å². The van der Waals surface area contributed by atoms with Gasteiger partial charge in [-0.3, -0.25) is 0 Å². The highest BCUT2D eigenvalue weighted by molar-refractivity contribution is 6.23. The zero-order valence-electron chi connectivity index (χ0n) is 23.2. The molecule has 0 radical (unpaired) electrons. The summed E-state index contributed by atoms with van der Waals surface area (Å²) in [6.07, 6.45) is 0. The summed E-state index contributed by atoms with van der Waals surface area (Å²) in [5.41, 5.74) is 10.0. The van der Waals surface area contributed by atoms with E-state index < -0.39 is 0 Å². The molecule has 0 atom stereocenters. The van der Waals surface area contributed by atoms with Crippen LogP contribution >= 0.6 is 0 Å². The van der Waals surface area contributed by atoms with Crippen molar-refractivity contribution in [3.8, 4) is 44.5 Å². The largest absolute Gasteiger partial charge is 0.0622 e. The molecule has 0 amide bonds. The molecule has 0 aliphatic rings. The number of benzene rings is 8. The molecule has 0 saturated carbocycles. The summed E-state index contributed by atoms with van der Waals surface area (Å²) >= 11 is 0. The van der Waals surface area contributed by atoms with Crippen molar-refractivity contribution in [1.82, 2.24) is 0 Å². The standard InChI is InChI=1S/C42H28/c1-3-15-29(16-4-1)33-20-9-10-22-35(33)32-27-31-19-7-8-21-34(31)40(28-32)42-38-25-13-11-23-36(38)41(30-17-5-2-6-18-30)37-24-12-14-26-39(37)42/h1-28H. The minimum Gasteiger partial charge on any atom is -0.0622 e. The van der Waals surface area contributed by atoms with Gasteiger partial charge in [-0.25, -0.2) is 0 Å². The van der Waals surface area contributed by atoms with Gasteiger partial charge in [-0.15, -0.1) is 0 Å². The first-order chi connectivity index (χ1) is 20.9. The van der Waals surface area contributed by atoms with Crippen LogP contribution in [0.4, 0.5) is 0 Å². The number of rotatable bonds is 4. The number of hydrogen-bond donors (Lipinski definition) is 0. The van der Waals surface area contributed by atoms with Crippen molar-refractivity contribution < 1.29 is 0 Å². The van der Waals surface area contributed by atoms with E-state index >= 15 is 0 Å². The van der Waals surface area contributed by atoms with Gasteiger partial charge in [0.25, 0.3) is 0 Å². The van der Waals surface area contributed by atoms with Crippen molar-refractivity contribution in [1.29, 1.82) is 0 Å². The second kappa shape index (κ2) is 10.2. The maximum absolute atomic E-state index is 2.42. The molecular formula is C42H28. The topological polar surface area (TPSA) is 0 Å². The Morgan fingerprint density at radius 3 is 1.26 bits per heavy atom. The Kier molecular flexibility index (Phi) is 5.90. The second-order valence-electron chi connectivity index (χ2n) is 10.9. The zero-order valence-corrected chi connectivity index (χ0v) is 23.2. The van der Waals surface area contributed by atoms with E-state index in [0.717, 1.165) is 0 Å². The van der Waals surface area contributed by atoms with Gasteiger partial charge in [-0.1, -0.05) is 158 Å². The van der Waals surface area contributed by atoms with Crippen LogP contribution < -0.4 is 0 Å². The van der Waals surface area contributed by atoms with Crippen molar-refractivity contribution in [3.63, 3.8) is 0 Å². The van der Waals surface area contributed by atoms with Gasteiger partial charge in [0.2, 0.25) is 0 Å². The van der Waals surface area contributed by atoms with E-state index in [2.05, 4.69) is 170 Å². The summed E-state index contributed by atoms with van der Waals surface area (Å²) in [6.45, 7) is 0. The van der Waals surface area contributed by atoms with E-state index in [-0.39, 0.29) is 0 Å². The predicted molar refractivity (Wildman–Crippen MR) is 181 cm³/mol. The molecule has 0 bridgehead atoms. The quantitative estimate of drug-likeness (QED) is 0.198. The third-order valence-electron chi connectivity index (χ3n) is 8.45. The third-order valence-corrected chi connectivity index (χ3v) is 8.45. The SMILES string of the molecule is c1ccc(-c2ccccc2-c2cc(-c3c4ccccc4c(-c4ccccc4)c4ccccc34)c3ccccc3c2)cc1. The summed E-state index contributed by atoms with van der Waals surface area (Å²) in [6, 6.07) is 61.7. The van der Waals surface area contributed by atoms with Gasteiger partial charge in [0.1, 0.15) is 0 Å². The van der Waals surface area contributed by atoms with Gasteiger partial charge in [0.05, 0.1) is 0 Å². The zero-order chi connectivity index (χ0) is 27.9. The van der Waals surface area contributed by atoms with Gasteiger partial charge in [-0.2, -0.15) is 0 Å². The fourth-order valence-corrected chi connectivity index (χ4v) is 6.61. The highest BCUT2D eigenvalue weighted by Gasteiger charge is 2.19. The average Bonchev–Trinajstić information content (AvgIpc) is 3.07. The van der Waals surface area contributed by atoms with Crippen LogP contribution in [0, 0.1) is 0 Å². The molecule has 8 aromatic carbocycles. The van der Waals surface area contributed by atoms with Crippen LogP contribution in [0.15, 0.2) is 170 Å². The first-order valence-electron chi connectivity index (χ1n) is 14.5. The van der Waals surface area contributed by atoms with Gasteiger partial charge in [0.15, 0.2) is 0 Å². The van der Waals surface area contributed by atoms with Crippen LogP contribution in [0.3, 0.4) is 0 Å². The predicted octanol–water partition coefficient (Wildman–Crippen LogP) is 11.8. The van der Waals surface area contributed by atoms with Gasteiger partial charge < -0.3 is 0 Å². The van der Waals surface area contributed by atoms with Crippen LogP contribution in [-0.4, -0.2) is 0 Å². The Labute approximate surface area is 246 Å². The van der Waals surface area contributed by atoms with Crippen LogP contribution in [0.2, 0.25) is 0 Å². The van der Waals surface area contributed by atoms with Crippen molar-refractivity contribution in [2.75, 3.05) is 0 Å². The van der Waals surface area contributed by atoms with Crippen molar-refractivity contribution in [3.05, 3.63) is 170 Å². The molecule has 0 aliphatic carbocycles. The van der Waals surface area contributed by atoms with E-state index in [1.807, 2.05) is 0 Å². The normalized spacial score (nSPS) is 11.3. The molecule has 0 heterocycles. The molecule has 0 unspecified atom stereocenters. The number of hydrogen-bond acceptors (Lipinski definition) is 0. The van der Waals surface area contributed by atoms with Crippen LogP contribution in [0.25, 0.3) is 76.8 Å². The summed E-state index contributed by atoms with van der Waals surface area (Å²) in [5, 5.41) is 7.60. The van der Waals surface area contributed by atoms with E-state index in [1.165, 1.54) is 76.8 Å². The minimum atomic E-state index is 1.23. The summed E-state index contributed by atoms with van der Waals surface area (Å²) < 4.78 is 0. The molecule has 196 valence electrons. The molecule has 0 saturated heterocycles. The Balaban J connectivity index is 1.50. The molecule has 0 N–H and O–H groups in total. The molecule has 0 fully saturated rings. The molecule has 0 aliphatic heterocycles. The average molecular weight is 533 g/mol. The van der Waals surface area contributed by atoms with E-state index in [0.29, 0.717) is 0 Å². The maximum atomic E-state index is 2.42. The summed E-state index contributed by atoms with van der Waals surface area (Å²) in [4.78, 5) is 0. The molecule has 0 spiro atoms. The lowest BCUT2D eigenvalue weighted by molar-refractivity contribution is 1.59. The lowest BCUT2D eigenvalue weighted by Crippen LogP contribution is -1.93. The summed E-state index contributed by atoms with van der Waals surface area (Å²) in [5.74, 6) is 0. The maximum Gasteiger partial charge on any atom is -0.00199 e. The number of fused-ring (bicyclic) bond motifs is 3. The van der Waals surface area contributed by atoms with Crippen molar-refractivity contribution in [2.45, 2.75) is 0 Å². The monoisotopic (exact) mass is 532 g/mol. The van der Waals surface area contributed by atoms with Gasteiger partial charge in [0, 0.05) is 0 Å². The van der Waals surface area contributed by atoms with Crippen molar-refractivity contribution in [2.24, 2.45) is 0 Å². The Morgan fingerprint density at radius 2 is 0.667 bits per heavy atom. The highest BCUT2D eigenvalue weighted by Crippen LogP contribution is 2.46. The minimum absolute atomic E-state index is 1.23. The van der Waals surface area contributed by atoms with E-state index in [1.54, 1.807) is 0 Å². The first-order valence-corrected chi connectivity index (χ1v) is 14.5. The van der Waals surface area contributed by atoms with Crippen molar-refractivity contribution >= 4 is 32.3 Å². The fourth-order valence-electron chi connectivity index (χ4n) is 6.61. The Hall–Kier alpha value is -5.46. The molecule has 8 rings (SSSR count).